The fraction of sp³-hybridized carbons (Fsp3) is 0.136. The van der Waals surface area contributed by atoms with E-state index in [1.807, 2.05) is 25.1 Å². The lowest BCUT2D eigenvalue weighted by molar-refractivity contribution is 0.0980. The van der Waals surface area contributed by atoms with Crippen LogP contribution < -0.4 is 0 Å². The second-order valence-electron chi connectivity index (χ2n) is 6.25. The van der Waals surface area contributed by atoms with Crippen molar-refractivity contribution in [2.75, 3.05) is 0 Å². The SMILES string of the molecule is Cc1ccc(C(=O)CC(c2ccccc2)S(=O)(=O)c2ccccc2)cc1. The van der Waals surface area contributed by atoms with Gasteiger partial charge in [-0.05, 0) is 24.6 Å². The van der Waals surface area contributed by atoms with E-state index in [9.17, 15) is 13.2 Å². The Morgan fingerprint density at radius 2 is 1.35 bits per heavy atom. The number of sulfone groups is 1. The molecule has 0 spiro atoms. The summed E-state index contributed by atoms with van der Waals surface area (Å²) >= 11 is 0. The molecule has 3 nitrogen and oxygen atoms in total. The number of hydrogen-bond donors (Lipinski definition) is 0. The van der Waals surface area contributed by atoms with Crippen LogP contribution in [0.4, 0.5) is 0 Å². The summed E-state index contributed by atoms with van der Waals surface area (Å²) in [7, 11) is -3.69. The lowest BCUT2D eigenvalue weighted by Gasteiger charge is -2.18. The van der Waals surface area contributed by atoms with Crippen LogP contribution in [0.5, 0.6) is 0 Å². The van der Waals surface area contributed by atoms with Crippen molar-refractivity contribution in [3.05, 3.63) is 102 Å². The largest absolute Gasteiger partial charge is 0.294 e. The highest BCUT2D eigenvalue weighted by Gasteiger charge is 2.31. The average molecular weight is 364 g/mol. The minimum Gasteiger partial charge on any atom is -0.294 e. The predicted molar refractivity (Wildman–Crippen MR) is 103 cm³/mol. The first-order chi connectivity index (χ1) is 12.5. The summed E-state index contributed by atoms with van der Waals surface area (Å²) in [6.07, 6.45) is -0.0930. The molecule has 26 heavy (non-hydrogen) atoms. The quantitative estimate of drug-likeness (QED) is 0.591. The van der Waals surface area contributed by atoms with Crippen LogP contribution in [0, 0.1) is 6.92 Å². The second kappa shape index (κ2) is 7.67. The van der Waals surface area contributed by atoms with Gasteiger partial charge in [-0.3, -0.25) is 4.79 Å². The number of ketones is 1. The van der Waals surface area contributed by atoms with Gasteiger partial charge in [-0.25, -0.2) is 8.42 Å². The van der Waals surface area contributed by atoms with Gasteiger partial charge in [0.25, 0.3) is 0 Å². The Balaban J connectivity index is 1.99. The van der Waals surface area contributed by atoms with E-state index in [0.717, 1.165) is 5.56 Å². The summed E-state index contributed by atoms with van der Waals surface area (Å²) in [5, 5.41) is -0.917. The van der Waals surface area contributed by atoms with Crippen LogP contribution >= 0.6 is 0 Å². The van der Waals surface area contributed by atoms with Crippen molar-refractivity contribution in [2.45, 2.75) is 23.5 Å². The topological polar surface area (TPSA) is 51.2 Å². The molecule has 0 heterocycles. The van der Waals surface area contributed by atoms with E-state index in [1.54, 1.807) is 66.7 Å². The molecule has 0 bridgehead atoms. The number of Topliss-reactive ketones (excluding diaryl/α,β-unsaturated/α-hetero) is 1. The highest BCUT2D eigenvalue weighted by molar-refractivity contribution is 7.91. The zero-order valence-corrected chi connectivity index (χ0v) is 15.3. The number of benzene rings is 3. The van der Waals surface area contributed by atoms with Crippen LogP contribution in [0.1, 0.15) is 33.2 Å². The van der Waals surface area contributed by atoms with E-state index in [0.29, 0.717) is 11.1 Å². The van der Waals surface area contributed by atoms with Crippen molar-refractivity contribution >= 4 is 15.6 Å². The van der Waals surface area contributed by atoms with Gasteiger partial charge in [0.15, 0.2) is 15.6 Å². The van der Waals surface area contributed by atoms with Gasteiger partial charge < -0.3 is 0 Å². The van der Waals surface area contributed by atoms with Crippen molar-refractivity contribution in [1.82, 2.24) is 0 Å². The first kappa shape index (κ1) is 18.1. The maximum Gasteiger partial charge on any atom is 0.185 e. The Morgan fingerprint density at radius 1 is 0.808 bits per heavy atom. The monoisotopic (exact) mass is 364 g/mol. The summed E-state index contributed by atoms with van der Waals surface area (Å²) in [6.45, 7) is 1.95. The van der Waals surface area contributed by atoms with E-state index in [4.69, 9.17) is 0 Å². The molecule has 0 radical (unpaired) electrons. The Morgan fingerprint density at radius 3 is 1.92 bits per heavy atom. The molecule has 0 fully saturated rings. The molecular formula is C22H20O3S. The molecule has 3 rings (SSSR count). The predicted octanol–water partition coefficient (Wildman–Crippen LogP) is 4.78. The first-order valence-electron chi connectivity index (χ1n) is 8.42. The molecule has 1 atom stereocenters. The fourth-order valence-electron chi connectivity index (χ4n) is 2.87. The maximum absolute atomic E-state index is 13.2. The molecule has 0 N–H and O–H groups in total. The molecule has 0 aliphatic heterocycles. The number of hydrogen-bond acceptors (Lipinski definition) is 3. The third-order valence-electron chi connectivity index (χ3n) is 4.36. The standard InChI is InChI=1S/C22H20O3S/c1-17-12-14-18(15-13-17)21(23)16-22(19-8-4-2-5-9-19)26(24,25)20-10-6-3-7-11-20/h2-15,22H,16H2,1H3. The minimum atomic E-state index is -3.69. The Labute approximate surface area is 154 Å². The van der Waals surface area contributed by atoms with Gasteiger partial charge in [0.05, 0.1) is 10.1 Å². The highest BCUT2D eigenvalue weighted by atomic mass is 32.2. The van der Waals surface area contributed by atoms with Gasteiger partial charge in [0.2, 0.25) is 0 Å². The minimum absolute atomic E-state index is 0.0930. The van der Waals surface area contributed by atoms with Crippen molar-refractivity contribution in [2.24, 2.45) is 0 Å². The second-order valence-corrected chi connectivity index (χ2v) is 8.38. The molecule has 4 heteroatoms. The summed E-state index contributed by atoms with van der Waals surface area (Å²) in [6, 6.07) is 24.4. The van der Waals surface area contributed by atoms with Crippen molar-refractivity contribution < 1.29 is 13.2 Å². The molecule has 0 saturated carbocycles. The summed E-state index contributed by atoms with van der Waals surface area (Å²) in [4.78, 5) is 13.0. The van der Waals surface area contributed by atoms with Crippen molar-refractivity contribution in [1.29, 1.82) is 0 Å². The smallest absolute Gasteiger partial charge is 0.185 e. The highest BCUT2D eigenvalue weighted by Crippen LogP contribution is 2.32. The average Bonchev–Trinajstić information content (AvgIpc) is 2.67. The van der Waals surface area contributed by atoms with Crippen LogP contribution in [0.2, 0.25) is 0 Å². The van der Waals surface area contributed by atoms with E-state index < -0.39 is 15.1 Å². The molecule has 0 aliphatic carbocycles. The van der Waals surface area contributed by atoms with Crippen LogP contribution in [0.3, 0.4) is 0 Å². The summed E-state index contributed by atoms with van der Waals surface area (Å²) < 4.78 is 26.4. The van der Waals surface area contributed by atoms with E-state index >= 15 is 0 Å². The lowest BCUT2D eigenvalue weighted by Crippen LogP contribution is -2.18. The third kappa shape index (κ3) is 3.92. The lowest BCUT2D eigenvalue weighted by atomic mass is 10.0. The fourth-order valence-corrected chi connectivity index (χ4v) is 4.63. The van der Waals surface area contributed by atoms with Crippen LogP contribution in [0.25, 0.3) is 0 Å². The van der Waals surface area contributed by atoms with Gasteiger partial charge in [-0.2, -0.15) is 0 Å². The van der Waals surface area contributed by atoms with Gasteiger partial charge in [0, 0.05) is 12.0 Å². The molecule has 0 aromatic heterocycles. The van der Waals surface area contributed by atoms with Gasteiger partial charge in [-0.1, -0.05) is 78.4 Å². The molecule has 3 aromatic carbocycles. The summed E-state index contributed by atoms with van der Waals surface area (Å²) in [5.74, 6) is -0.182. The molecule has 0 amide bonds. The van der Waals surface area contributed by atoms with Gasteiger partial charge in [0.1, 0.15) is 0 Å². The van der Waals surface area contributed by atoms with Crippen LogP contribution in [-0.4, -0.2) is 14.2 Å². The molecule has 1 unspecified atom stereocenters. The molecule has 0 aliphatic rings. The van der Waals surface area contributed by atoms with E-state index in [2.05, 4.69) is 0 Å². The Bertz CT molecular complexity index is 977. The molecule has 3 aromatic rings. The summed E-state index contributed by atoms with van der Waals surface area (Å²) in [5.41, 5.74) is 2.20. The normalized spacial score (nSPS) is 12.5. The zero-order valence-electron chi connectivity index (χ0n) is 14.5. The van der Waals surface area contributed by atoms with Crippen LogP contribution in [0.15, 0.2) is 89.8 Å². The van der Waals surface area contributed by atoms with Crippen molar-refractivity contribution in [3.8, 4) is 0 Å². The van der Waals surface area contributed by atoms with E-state index in [-0.39, 0.29) is 17.1 Å². The zero-order chi connectivity index (χ0) is 18.6. The Hall–Kier alpha value is -2.72. The van der Waals surface area contributed by atoms with Crippen molar-refractivity contribution in [3.63, 3.8) is 0 Å². The maximum atomic E-state index is 13.2. The first-order valence-corrected chi connectivity index (χ1v) is 9.97. The molecular weight excluding hydrogens is 344 g/mol. The Kier molecular flexibility index (Phi) is 5.33. The van der Waals surface area contributed by atoms with Gasteiger partial charge >= 0.3 is 0 Å². The van der Waals surface area contributed by atoms with Crippen LogP contribution in [-0.2, 0) is 9.84 Å². The number of aryl methyl sites for hydroxylation is 1. The third-order valence-corrected chi connectivity index (χ3v) is 6.48. The number of rotatable bonds is 6. The van der Waals surface area contributed by atoms with E-state index in [1.165, 1.54) is 0 Å². The molecule has 0 saturated heterocycles. The number of carbonyl (C=O) groups is 1. The van der Waals surface area contributed by atoms with Gasteiger partial charge in [-0.15, -0.1) is 0 Å². The molecule has 132 valence electrons. The number of carbonyl (C=O) groups excluding carboxylic acids is 1.